The molecule has 0 saturated carbocycles. The Balaban J connectivity index is 1.38. The van der Waals surface area contributed by atoms with Gasteiger partial charge in [0.1, 0.15) is 5.82 Å². The maximum atomic E-state index is 13.4. The van der Waals surface area contributed by atoms with Crippen LogP contribution in [0.1, 0.15) is 45.9 Å². The second-order valence-electron chi connectivity index (χ2n) is 9.56. The minimum Gasteiger partial charge on any atom is -0.481 e. The van der Waals surface area contributed by atoms with E-state index < -0.39 is 41.8 Å². The number of aliphatic carboxylic acids is 1. The molecule has 4 rings (SSSR count). The summed E-state index contributed by atoms with van der Waals surface area (Å²) < 4.78 is 13.4. The summed E-state index contributed by atoms with van der Waals surface area (Å²) in [6, 6.07) is 13.7. The number of carboxylic acid groups (broad SMARTS) is 1. The van der Waals surface area contributed by atoms with Crippen molar-refractivity contribution in [2.45, 2.75) is 31.7 Å². The summed E-state index contributed by atoms with van der Waals surface area (Å²) in [4.78, 5) is 50.1. The van der Waals surface area contributed by atoms with Gasteiger partial charge in [-0.1, -0.05) is 65.1 Å². The van der Waals surface area contributed by atoms with E-state index in [1.165, 1.54) is 24.3 Å². The van der Waals surface area contributed by atoms with Crippen molar-refractivity contribution in [3.8, 4) is 0 Å². The van der Waals surface area contributed by atoms with Crippen LogP contribution in [0.3, 0.4) is 0 Å². The lowest BCUT2D eigenvalue weighted by molar-refractivity contribution is -0.141. The lowest BCUT2D eigenvalue weighted by Crippen LogP contribution is -2.41. The number of ketones is 1. The third kappa shape index (κ3) is 7.55. The molecule has 0 radical (unpaired) electrons. The number of hydrogen-bond acceptors (Lipinski definition) is 4. The maximum Gasteiger partial charge on any atom is 0.315 e. The molecule has 0 heterocycles. The van der Waals surface area contributed by atoms with Crippen molar-refractivity contribution in [1.82, 2.24) is 10.6 Å². The highest BCUT2D eigenvalue weighted by Gasteiger charge is 2.28. The summed E-state index contributed by atoms with van der Waals surface area (Å²) >= 11 is 18.4. The molecule has 2 atom stereocenters. The number of fused-ring (bicyclic) bond motifs is 1. The van der Waals surface area contributed by atoms with Gasteiger partial charge in [-0.2, -0.15) is 0 Å². The Kier molecular flexibility index (Phi) is 9.86. The largest absolute Gasteiger partial charge is 0.481 e. The monoisotopic (exact) mass is 619 g/mol. The third-order valence-electron chi connectivity index (χ3n) is 6.72. The average Bonchev–Trinajstić information content (AvgIpc) is 3.32. The highest BCUT2D eigenvalue weighted by molar-refractivity contribution is 6.41. The Bertz CT molecular complexity index is 1520. The first-order chi connectivity index (χ1) is 19.5. The van der Waals surface area contributed by atoms with E-state index in [4.69, 9.17) is 34.8 Å². The number of benzene rings is 3. The number of carboxylic acids is 1. The number of rotatable bonds is 10. The van der Waals surface area contributed by atoms with Gasteiger partial charge < -0.3 is 21.1 Å². The van der Waals surface area contributed by atoms with Crippen LogP contribution in [0.5, 0.6) is 0 Å². The second-order valence-corrected chi connectivity index (χ2v) is 10.8. The smallest absolute Gasteiger partial charge is 0.315 e. The minimum absolute atomic E-state index is 0.0296. The molecular formula is C29H25Cl3FN3O5. The SMILES string of the molecule is O=C(Cc1ccc(F)c(Cl)c1)Nc1ccc(Cl)c(C(=O)C[C@@H](CNC(=O)N[C@@H]2CCc3ccccc32)C(=O)O)c1Cl. The molecule has 0 fully saturated rings. The molecule has 0 bridgehead atoms. The molecule has 0 spiro atoms. The van der Waals surface area contributed by atoms with Gasteiger partial charge in [-0.3, -0.25) is 14.4 Å². The summed E-state index contributed by atoms with van der Waals surface area (Å²) in [5, 5.41) is 17.3. The molecule has 3 amide bonds. The van der Waals surface area contributed by atoms with Crippen molar-refractivity contribution in [2.75, 3.05) is 11.9 Å². The molecule has 1 aliphatic carbocycles. The molecule has 3 aromatic rings. The van der Waals surface area contributed by atoms with Crippen molar-refractivity contribution >= 4 is 64.2 Å². The Morgan fingerprint density at radius 2 is 1.76 bits per heavy atom. The summed E-state index contributed by atoms with van der Waals surface area (Å²) in [5.74, 6) is -4.37. The average molecular weight is 621 g/mol. The van der Waals surface area contributed by atoms with Crippen LogP contribution in [0, 0.1) is 11.7 Å². The zero-order valence-corrected chi connectivity index (χ0v) is 23.7. The van der Waals surface area contributed by atoms with Gasteiger partial charge in [0.15, 0.2) is 5.78 Å². The number of carbonyl (C=O) groups excluding carboxylic acids is 3. The van der Waals surface area contributed by atoms with Gasteiger partial charge in [-0.05, 0) is 53.8 Å². The van der Waals surface area contributed by atoms with Crippen molar-refractivity contribution in [1.29, 1.82) is 0 Å². The number of urea groups is 1. The zero-order chi connectivity index (χ0) is 29.7. The first-order valence-corrected chi connectivity index (χ1v) is 13.8. The standard InChI is InChI=1S/C29H25Cl3FN3O5/c30-19-7-10-23(35-25(38)12-15-5-8-21(33)20(31)11-15)27(32)26(19)24(37)13-17(28(39)40)14-34-29(41)36-22-9-6-16-3-1-2-4-18(16)22/h1-5,7-8,10-11,17,22H,6,9,12-14H2,(H,35,38)(H,39,40)(H2,34,36,41)/t17-,22+/m0/s1. The van der Waals surface area contributed by atoms with Gasteiger partial charge in [0, 0.05) is 13.0 Å². The molecule has 41 heavy (non-hydrogen) atoms. The van der Waals surface area contributed by atoms with Gasteiger partial charge in [0.25, 0.3) is 0 Å². The first-order valence-electron chi connectivity index (χ1n) is 12.6. The molecule has 4 N–H and O–H groups in total. The fourth-order valence-electron chi connectivity index (χ4n) is 4.64. The van der Waals surface area contributed by atoms with Gasteiger partial charge in [-0.25, -0.2) is 9.18 Å². The summed E-state index contributed by atoms with van der Waals surface area (Å²) in [6.45, 7) is -0.312. The van der Waals surface area contributed by atoms with Crippen molar-refractivity contribution in [3.63, 3.8) is 0 Å². The van der Waals surface area contributed by atoms with Crippen LogP contribution in [0.4, 0.5) is 14.9 Å². The van der Waals surface area contributed by atoms with Crippen LogP contribution in [0.2, 0.25) is 15.1 Å². The van der Waals surface area contributed by atoms with E-state index in [0.717, 1.165) is 30.0 Å². The highest BCUT2D eigenvalue weighted by Crippen LogP contribution is 2.34. The number of aryl methyl sites for hydroxylation is 1. The van der Waals surface area contributed by atoms with Crippen molar-refractivity contribution in [2.24, 2.45) is 5.92 Å². The van der Waals surface area contributed by atoms with Crippen molar-refractivity contribution < 1.29 is 28.7 Å². The lowest BCUT2D eigenvalue weighted by atomic mass is 9.97. The van der Waals surface area contributed by atoms with E-state index in [1.54, 1.807) is 0 Å². The number of carbonyl (C=O) groups is 4. The number of amides is 3. The maximum absolute atomic E-state index is 13.4. The normalized spacial score (nSPS) is 14.6. The Hall–Kier alpha value is -3.66. The van der Waals surface area contributed by atoms with Crippen LogP contribution in [-0.4, -0.2) is 35.3 Å². The van der Waals surface area contributed by atoms with E-state index in [2.05, 4.69) is 16.0 Å². The molecular weight excluding hydrogens is 596 g/mol. The predicted octanol–water partition coefficient (Wildman–Crippen LogP) is 6.23. The number of hydrogen-bond donors (Lipinski definition) is 4. The number of anilines is 1. The van der Waals surface area contributed by atoms with Crippen LogP contribution >= 0.6 is 34.8 Å². The Labute approximate surface area is 250 Å². The van der Waals surface area contributed by atoms with Gasteiger partial charge in [0.05, 0.1) is 44.7 Å². The van der Waals surface area contributed by atoms with Crippen molar-refractivity contribution in [3.05, 3.63) is 97.7 Å². The predicted molar refractivity (Wildman–Crippen MR) is 154 cm³/mol. The summed E-state index contributed by atoms with van der Waals surface area (Å²) in [6.07, 6.45) is 0.903. The van der Waals surface area contributed by atoms with E-state index in [-0.39, 0.29) is 45.3 Å². The molecule has 0 aromatic heterocycles. The highest BCUT2D eigenvalue weighted by atomic mass is 35.5. The fraction of sp³-hybridized carbons (Fsp3) is 0.241. The molecule has 0 unspecified atom stereocenters. The van der Waals surface area contributed by atoms with Crippen LogP contribution < -0.4 is 16.0 Å². The molecule has 214 valence electrons. The lowest BCUT2D eigenvalue weighted by Gasteiger charge is -2.18. The third-order valence-corrected chi connectivity index (χ3v) is 7.72. The Morgan fingerprint density at radius 1 is 1.00 bits per heavy atom. The van der Waals surface area contributed by atoms with Crippen LogP contribution in [0.15, 0.2) is 54.6 Å². The molecule has 0 aliphatic heterocycles. The number of Topliss-reactive ketones (excluding diaryl/α,β-unsaturated/α-hetero) is 1. The number of halogens is 4. The van der Waals surface area contributed by atoms with E-state index in [9.17, 15) is 28.7 Å². The van der Waals surface area contributed by atoms with Gasteiger partial charge in [0.2, 0.25) is 5.91 Å². The molecule has 1 aliphatic rings. The minimum atomic E-state index is -1.29. The molecule has 12 heteroatoms. The van der Waals surface area contributed by atoms with Gasteiger partial charge in [-0.15, -0.1) is 0 Å². The molecule has 0 saturated heterocycles. The molecule has 3 aromatic carbocycles. The topological polar surface area (TPSA) is 125 Å². The first kappa shape index (κ1) is 30.3. The summed E-state index contributed by atoms with van der Waals surface area (Å²) in [5.41, 5.74) is 2.55. The van der Waals surface area contributed by atoms with Crippen LogP contribution in [0.25, 0.3) is 0 Å². The second kappa shape index (κ2) is 13.3. The van der Waals surface area contributed by atoms with E-state index >= 15 is 0 Å². The quantitative estimate of drug-likeness (QED) is 0.200. The fourth-order valence-corrected chi connectivity index (χ4v) is 5.47. The Morgan fingerprint density at radius 3 is 2.49 bits per heavy atom. The number of nitrogens with one attached hydrogen (secondary N) is 3. The summed E-state index contributed by atoms with van der Waals surface area (Å²) in [7, 11) is 0. The van der Waals surface area contributed by atoms with Crippen LogP contribution in [-0.2, 0) is 22.4 Å². The van der Waals surface area contributed by atoms with E-state index in [0.29, 0.717) is 5.56 Å². The zero-order valence-electron chi connectivity index (χ0n) is 21.5. The van der Waals surface area contributed by atoms with Gasteiger partial charge >= 0.3 is 12.0 Å². The van der Waals surface area contributed by atoms with E-state index in [1.807, 2.05) is 24.3 Å². The molecule has 8 nitrogen and oxygen atoms in total.